The summed E-state index contributed by atoms with van der Waals surface area (Å²) >= 11 is 1.64. The lowest BCUT2D eigenvalue weighted by Gasteiger charge is -1.99. The minimum absolute atomic E-state index is 0.0128. The largest absolute Gasteiger partial charge is 0.327 e. The molecule has 3 aromatic heterocycles. The molecule has 0 aliphatic heterocycles. The Labute approximate surface area is 143 Å². The molecular weight excluding hydrogens is 318 g/mol. The molecule has 0 saturated carbocycles. The number of hydrogen-bond acceptors (Lipinski definition) is 3. The van der Waals surface area contributed by atoms with Gasteiger partial charge < -0.3 is 4.57 Å². The van der Waals surface area contributed by atoms with Crippen molar-refractivity contribution in [3.63, 3.8) is 0 Å². The first-order chi connectivity index (χ1) is 11.6. The van der Waals surface area contributed by atoms with Crippen molar-refractivity contribution < 1.29 is 4.79 Å². The Morgan fingerprint density at radius 3 is 2.62 bits per heavy atom. The molecule has 0 unspecified atom stereocenters. The molecule has 0 saturated heterocycles. The van der Waals surface area contributed by atoms with Crippen molar-refractivity contribution in [3.8, 4) is 0 Å². The van der Waals surface area contributed by atoms with Crippen LogP contribution in [0, 0.1) is 13.8 Å². The summed E-state index contributed by atoms with van der Waals surface area (Å²) in [6, 6.07) is 10.1. The van der Waals surface area contributed by atoms with Crippen molar-refractivity contribution >= 4 is 39.9 Å². The maximum absolute atomic E-state index is 12.8. The number of thiophene rings is 1. The number of para-hydroxylation sites is 2. The Balaban J connectivity index is 1.87. The molecule has 1 aromatic carbocycles. The molecule has 0 aliphatic carbocycles. The standard InChI is InChI=1S/C19H17N3OS/c1-12-10-11-24-17(12)9-8-16(23)18-13(2)20-22-15-7-5-4-6-14(15)21(3)19(18)22/h4-11H,1-3H3/b9-8+. The summed E-state index contributed by atoms with van der Waals surface area (Å²) in [5, 5.41) is 6.62. The van der Waals surface area contributed by atoms with E-state index >= 15 is 0 Å². The van der Waals surface area contributed by atoms with Gasteiger partial charge in [0.15, 0.2) is 5.78 Å². The number of fused-ring (bicyclic) bond motifs is 3. The summed E-state index contributed by atoms with van der Waals surface area (Å²) in [6.45, 7) is 3.94. The molecule has 0 spiro atoms. The first kappa shape index (κ1) is 14.9. The first-order valence-electron chi connectivity index (χ1n) is 7.77. The zero-order chi connectivity index (χ0) is 16.8. The zero-order valence-corrected chi connectivity index (χ0v) is 14.6. The third-order valence-electron chi connectivity index (χ3n) is 4.36. The van der Waals surface area contributed by atoms with Crippen molar-refractivity contribution in [2.75, 3.05) is 0 Å². The molecular formula is C19H17N3OS. The molecule has 120 valence electrons. The monoisotopic (exact) mass is 335 g/mol. The summed E-state index contributed by atoms with van der Waals surface area (Å²) in [4.78, 5) is 13.9. The summed E-state index contributed by atoms with van der Waals surface area (Å²) < 4.78 is 3.90. The lowest BCUT2D eigenvalue weighted by atomic mass is 10.1. The Hall–Kier alpha value is -2.66. The lowest BCUT2D eigenvalue weighted by molar-refractivity contribution is 0.104. The van der Waals surface area contributed by atoms with Gasteiger partial charge in [0.25, 0.3) is 0 Å². The van der Waals surface area contributed by atoms with E-state index in [0.29, 0.717) is 5.56 Å². The number of benzene rings is 1. The van der Waals surface area contributed by atoms with Crippen molar-refractivity contribution in [2.24, 2.45) is 7.05 Å². The van der Waals surface area contributed by atoms with Gasteiger partial charge in [0.05, 0.1) is 22.3 Å². The van der Waals surface area contributed by atoms with Crippen LogP contribution in [-0.4, -0.2) is 20.0 Å². The predicted octanol–water partition coefficient (Wildman–Crippen LogP) is 4.40. The van der Waals surface area contributed by atoms with Gasteiger partial charge in [-0.2, -0.15) is 5.10 Å². The molecule has 0 bridgehead atoms. The Bertz CT molecular complexity index is 1110. The summed E-state index contributed by atoms with van der Waals surface area (Å²) in [7, 11) is 1.97. The predicted molar refractivity (Wildman–Crippen MR) is 98.8 cm³/mol. The van der Waals surface area contributed by atoms with E-state index < -0.39 is 0 Å². The minimum Gasteiger partial charge on any atom is -0.327 e. The number of imidazole rings is 1. The summed E-state index contributed by atoms with van der Waals surface area (Å²) in [5.74, 6) is -0.0128. The normalized spacial score (nSPS) is 12.0. The SMILES string of the molecule is Cc1ccsc1/C=C/C(=O)c1c(C)nn2c3ccccc3n(C)c12. The molecule has 3 heterocycles. The van der Waals surface area contributed by atoms with Crippen molar-refractivity contribution in [1.29, 1.82) is 0 Å². The van der Waals surface area contributed by atoms with Gasteiger partial charge in [-0.3, -0.25) is 4.79 Å². The molecule has 0 amide bonds. The van der Waals surface area contributed by atoms with Gasteiger partial charge in [-0.15, -0.1) is 11.3 Å². The van der Waals surface area contributed by atoms with Gasteiger partial charge in [0.1, 0.15) is 5.65 Å². The Morgan fingerprint density at radius 2 is 1.92 bits per heavy atom. The van der Waals surface area contributed by atoms with Gasteiger partial charge >= 0.3 is 0 Å². The van der Waals surface area contributed by atoms with Crippen LogP contribution in [0.3, 0.4) is 0 Å². The van der Waals surface area contributed by atoms with Crippen molar-refractivity contribution in [1.82, 2.24) is 14.2 Å². The van der Waals surface area contributed by atoms with Crippen LogP contribution in [0.15, 0.2) is 41.8 Å². The number of nitrogens with zero attached hydrogens (tertiary/aromatic N) is 3. The van der Waals surface area contributed by atoms with Gasteiger partial charge in [-0.05, 0) is 55.1 Å². The molecule has 0 radical (unpaired) electrons. The highest BCUT2D eigenvalue weighted by Crippen LogP contribution is 2.25. The number of rotatable bonds is 3. The van der Waals surface area contributed by atoms with E-state index in [0.717, 1.165) is 27.3 Å². The Morgan fingerprint density at radius 1 is 1.17 bits per heavy atom. The second-order valence-corrected chi connectivity index (χ2v) is 6.86. The van der Waals surface area contributed by atoms with Crippen LogP contribution in [0.1, 0.15) is 26.5 Å². The molecule has 4 rings (SSSR count). The molecule has 24 heavy (non-hydrogen) atoms. The topological polar surface area (TPSA) is 39.3 Å². The molecule has 4 aromatic rings. The van der Waals surface area contributed by atoms with E-state index in [1.54, 1.807) is 17.4 Å². The number of aryl methyl sites for hydroxylation is 3. The van der Waals surface area contributed by atoms with E-state index in [1.165, 1.54) is 5.56 Å². The number of hydrogen-bond donors (Lipinski definition) is 0. The van der Waals surface area contributed by atoms with Crippen LogP contribution in [0.4, 0.5) is 0 Å². The fraction of sp³-hybridized carbons (Fsp3) is 0.158. The number of carbonyl (C=O) groups is 1. The van der Waals surface area contributed by atoms with Crippen LogP contribution >= 0.6 is 11.3 Å². The van der Waals surface area contributed by atoms with Gasteiger partial charge in [0, 0.05) is 11.9 Å². The quantitative estimate of drug-likeness (QED) is 0.411. The fourth-order valence-electron chi connectivity index (χ4n) is 3.11. The summed E-state index contributed by atoms with van der Waals surface area (Å²) in [6.07, 6.45) is 3.55. The molecule has 4 nitrogen and oxygen atoms in total. The average molecular weight is 335 g/mol. The second-order valence-electron chi connectivity index (χ2n) is 5.91. The van der Waals surface area contributed by atoms with E-state index in [-0.39, 0.29) is 5.78 Å². The lowest BCUT2D eigenvalue weighted by Crippen LogP contribution is -1.99. The number of ketones is 1. The van der Waals surface area contributed by atoms with Crippen molar-refractivity contribution in [3.05, 3.63) is 63.5 Å². The zero-order valence-electron chi connectivity index (χ0n) is 13.8. The van der Waals surface area contributed by atoms with Gasteiger partial charge in [-0.1, -0.05) is 12.1 Å². The van der Waals surface area contributed by atoms with Gasteiger partial charge in [-0.25, -0.2) is 4.52 Å². The highest BCUT2D eigenvalue weighted by molar-refractivity contribution is 7.11. The minimum atomic E-state index is -0.0128. The van der Waals surface area contributed by atoms with Gasteiger partial charge in [0.2, 0.25) is 0 Å². The molecule has 0 atom stereocenters. The second kappa shape index (κ2) is 5.46. The van der Waals surface area contributed by atoms with E-state index in [9.17, 15) is 4.79 Å². The molecule has 0 aliphatic rings. The highest BCUT2D eigenvalue weighted by Gasteiger charge is 2.20. The van der Waals surface area contributed by atoms with Crippen LogP contribution in [-0.2, 0) is 7.05 Å². The molecule has 0 fully saturated rings. The number of aromatic nitrogens is 3. The smallest absolute Gasteiger partial charge is 0.191 e. The highest BCUT2D eigenvalue weighted by atomic mass is 32.1. The number of allylic oxidation sites excluding steroid dienone is 1. The van der Waals surface area contributed by atoms with E-state index in [1.807, 2.05) is 65.7 Å². The average Bonchev–Trinajstić information content (AvgIpc) is 3.21. The maximum Gasteiger partial charge on any atom is 0.191 e. The van der Waals surface area contributed by atoms with Crippen LogP contribution in [0.5, 0.6) is 0 Å². The van der Waals surface area contributed by atoms with E-state index in [4.69, 9.17) is 0 Å². The van der Waals surface area contributed by atoms with Crippen LogP contribution in [0.2, 0.25) is 0 Å². The van der Waals surface area contributed by atoms with Crippen LogP contribution < -0.4 is 0 Å². The molecule has 0 N–H and O–H groups in total. The first-order valence-corrected chi connectivity index (χ1v) is 8.65. The summed E-state index contributed by atoms with van der Waals surface area (Å²) in [5.41, 5.74) is 5.52. The third kappa shape index (κ3) is 2.12. The van der Waals surface area contributed by atoms with Crippen LogP contribution in [0.25, 0.3) is 22.8 Å². The molecule has 5 heteroatoms. The van der Waals surface area contributed by atoms with E-state index in [2.05, 4.69) is 11.2 Å². The van der Waals surface area contributed by atoms with Crippen molar-refractivity contribution in [2.45, 2.75) is 13.8 Å². The third-order valence-corrected chi connectivity index (χ3v) is 5.34. The fourth-order valence-corrected chi connectivity index (χ4v) is 3.93. The number of carbonyl (C=O) groups excluding carboxylic acids is 1. The maximum atomic E-state index is 12.8. The Kier molecular flexibility index (Phi) is 3.39.